The molecule has 1 amide bonds. The number of nitrogens with zero attached hydrogens (tertiary/aromatic N) is 2. The Morgan fingerprint density at radius 1 is 1.18 bits per heavy atom. The first-order valence-electron chi connectivity index (χ1n) is 6.88. The molecule has 2 aromatic rings. The van der Waals surface area contributed by atoms with Crippen LogP contribution in [0.5, 0.6) is 0 Å². The zero-order chi connectivity index (χ0) is 15.7. The van der Waals surface area contributed by atoms with Gasteiger partial charge < -0.3 is 4.90 Å². The van der Waals surface area contributed by atoms with E-state index in [1.807, 2.05) is 55.5 Å². The van der Waals surface area contributed by atoms with Gasteiger partial charge in [-0.2, -0.15) is 0 Å². The molecule has 5 heteroatoms. The predicted octanol–water partition coefficient (Wildman–Crippen LogP) is 3.16. The SMILES string of the molecule is Cc1ccc2c(c1)/C(=C\[N+](=O)[O-])C(=O)N2Cc1ccccc1. The number of carbonyl (C=O) groups is 1. The van der Waals surface area contributed by atoms with Gasteiger partial charge in [0.05, 0.1) is 17.2 Å². The number of hydrogen-bond acceptors (Lipinski definition) is 3. The van der Waals surface area contributed by atoms with E-state index in [-0.39, 0.29) is 11.5 Å². The zero-order valence-electron chi connectivity index (χ0n) is 12.0. The molecule has 0 radical (unpaired) electrons. The van der Waals surface area contributed by atoms with Crippen molar-refractivity contribution in [3.05, 3.63) is 81.5 Å². The van der Waals surface area contributed by atoms with Crippen molar-refractivity contribution in [2.75, 3.05) is 4.90 Å². The van der Waals surface area contributed by atoms with Gasteiger partial charge in [-0.05, 0) is 24.6 Å². The number of nitro groups is 1. The molecule has 0 bridgehead atoms. The number of hydrogen-bond donors (Lipinski definition) is 0. The summed E-state index contributed by atoms with van der Waals surface area (Å²) in [6, 6.07) is 15.1. The molecule has 0 atom stereocenters. The Kier molecular flexibility index (Phi) is 3.47. The quantitative estimate of drug-likeness (QED) is 0.496. The molecule has 22 heavy (non-hydrogen) atoms. The van der Waals surface area contributed by atoms with Crippen LogP contribution in [0.4, 0.5) is 5.69 Å². The van der Waals surface area contributed by atoms with Crippen molar-refractivity contribution in [1.82, 2.24) is 0 Å². The minimum Gasteiger partial charge on any atom is -0.303 e. The maximum Gasteiger partial charge on any atom is 0.265 e. The second-order valence-corrected chi connectivity index (χ2v) is 5.23. The molecule has 0 saturated carbocycles. The number of fused-ring (bicyclic) bond motifs is 1. The lowest BCUT2D eigenvalue weighted by atomic mass is 10.1. The monoisotopic (exact) mass is 294 g/mol. The first kappa shape index (κ1) is 14.0. The first-order chi connectivity index (χ1) is 10.6. The van der Waals surface area contributed by atoms with Crippen LogP contribution >= 0.6 is 0 Å². The number of rotatable bonds is 3. The van der Waals surface area contributed by atoms with E-state index in [1.54, 1.807) is 4.90 Å². The van der Waals surface area contributed by atoms with Gasteiger partial charge in [-0.25, -0.2) is 0 Å². The Hall–Kier alpha value is -2.95. The Bertz CT molecular complexity index is 782. The van der Waals surface area contributed by atoms with E-state index < -0.39 is 4.92 Å². The van der Waals surface area contributed by atoms with Crippen LogP contribution in [0.1, 0.15) is 16.7 Å². The summed E-state index contributed by atoms with van der Waals surface area (Å²) in [5, 5.41) is 10.8. The lowest BCUT2D eigenvalue weighted by Crippen LogP contribution is -2.25. The van der Waals surface area contributed by atoms with Gasteiger partial charge in [-0.1, -0.05) is 42.0 Å². The summed E-state index contributed by atoms with van der Waals surface area (Å²) in [5.41, 5.74) is 3.41. The molecule has 2 aromatic carbocycles. The van der Waals surface area contributed by atoms with E-state index >= 15 is 0 Å². The molecule has 1 aliphatic rings. The van der Waals surface area contributed by atoms with Gasteiger partial charge in [0.25, 0.3) is 5.91 Å². The van der Waals surface area contributed by atoms with Crippen molar-refractivity contribution < 1.29 is 9.72 Å². The van der Waals surface area contributed by atoms with Crippen molar-refractivity contribution in [2.24, 2.45) is 0 Å². The van der Waals surface area contributed by atoms with Crippen molar-refractivity contribution in [3.63, 3.8) is 0 Å². The standard InChI is InChI=1S/C17H14N2O3/c1-12-7-8-16-14(9-12)15(11-19(21)22)17(20)18(16)10-13-5-3-2-4-6-13/h2-9,11H,10H2,1H3/b15-11+. The Labute approximate surface area is 127 Å². The predicted molar refractivity (Wildman–Crippen MR) is 83.8 cm³/mol. The summed E-state index contributed by atoms with van der Waals surface area (Å²) in [7, 11) is 0. The van der Waals surface area contributed by atoms with Gasteiger partial charge in [0.2, 0.25) is 6.20 Å². The van der Waals surface area contributed by atoms with E-state index in [4.69, 9.17) is 0 Å². The normalized spacial score (nSPS) is 15.2. The zero-order valence-corrected chi connectivity index (χ0v) is 12.0. The van der Waals surface area contributed by atoms with Crippen LogP contribution in [0.2, 0.25) is 0 Å². The summed E-state index contributed by atoms with van der Waals surface area (Å²) in [6.07, 6.45) is 0.797. The second kappa shape index (κ2) is 5.44. The molecule has 0 spiro atoms. The third-order valence-corrected chi connectivity index (χ3v) is 3.63. The summed E-state index contributed by atoms with van der Waals surface area (Å²) >= 11 is 0. The van der Waals surface area contributed by atoms with E-state index in [1.165, 1.54) is 0 Å². The number of amides is 1. The van der Waals surface area contributed by atoms with Crippen LogP contribution in [0, 0.1) is 17.0 Å². The van der Waals surface area contributed by atoms with Crippen molar-refractivity contribution in [1.29, 1.82) is 0 Å². The van der Waals surface area contributed by atoms with Gasteiger partial charge in [0, 0.05) is 5.56 Å². The number of anilines is 1. The van der Waals surface area contributed by atoms with Crippen molar-refractivity contribution in [2.45, 2.75) is 13.5 Å². The van der Waals surface area contributed by atoms with Crippen LogP contribution in [-0.4, -0.2) is 10.8 Å². The number of carbonyl (C=O) groups excluding carboxylic acids is 1. The summed E-state index contributed by atoms with van der Waals surface area (Å²) < 4.78 is 0. The number of benzene rings is 2. The summed E-state index contributed by atoms with van der Waals surface area (Å²) in [4.78, 5) is 24.4. The maximum absolute atomic E-state index is 12.6. The van der Waals surface area contributed by atoms with Crippen LogP contribution in [0.3, 0.4) is 0 Å². The molecule has 0 saturated heterocycles. The average molecular weight is 294 g/mol. The van der Waals surface area contributed by atoms with Gasteiger partial charge >= 0.3 is 0 Å². The summed E-state index contributed by atoms with van der Waals surface area (Å²) in [6.45, 7) is 2.29. The average Bonchev–Trinajstić information content (AvgIpc) is 2.73. The maximum atomic E-state index is 12.6. The molecule has 0 aliphatic carbocycles. The highest BCUT2D eigenvalue weighted by Crippen LogP contribution is 2.38. The molecule has 0 aromatic heterocycles. The highest BCUT2D eigenvalue weighted by atomic mass is 16.6. The molecule has 0 fully saturated rings. The molecule has 1 heterocycles. The van der Waals surface area contributed by atoms with Crippen LogP contribution < -0.4 is 4.90 Å². The van der Waals surface area contributed by atoms with Gasteiger partial charge in [-0.3, -0.25) is 14.9 Å². The van der Waals surface area contributed by atoms with Crippen LogP contribution in [0.15, 0.2) is 54.7 Å². The Balaban J connectivity index is 2.06. The highest BCUT2D eigenvalue weighted by molar-refractivity contribution is 6.32. The molecule has 110 valence electrons. The second-order valence-electron chi connectivity index (χ2n) is 5.23. The van der Waals surface area contributed by atoms with Crippen LogP contribution in [-0.2, 0) is 11.3 Å². The number of aryl methyl sites for hydroxylation is 1. The highest BCUT2D eigenvalue weighted by Gasteiger charge is 2.34. The van der Waals surface area contributed by atoms with Crippen molar-refractivity contribution in [3.8, 4) is 0 Å². The lowest BCUT2D eigenvalue weighted by Gasteiger charge is -2.17. The molecule has 0 N–H and O–H groups in total. The van der Waals surface area contributed by atoms with Crippen molar-refractivity contribution >= 4 is 17.2 Å². The lowest BCUT2D eigenvalue weighted by molar-refractivity contribution is -0.401. The van der Waals surface area contributed by atoms with E-state index in [9.17, 15) is 14.9 Å². The van der Waals surface area contributed by atoms with E-state index in [0.717, 1.165) is 17.3 Å². The molecule has 1 aliphatic heterocycles. The fourth-order valence-corrected chi connectivity index (χ4v) is 2.62. The van der Waals surface area contributed by atoms with E-state index in [2.05, 4.69) is 0 Å². The Morgan fingerprint density at radius 3 is 2.59 bits per heavy atom. The summed E-state index contributed by atoms with van der Waals surface area (Å²) in [5.74, 6) is -0.332. The fraction of sp³-hybridized carbons (Fsp3) is 0.118. The van der Waals surface area contributed by atoms with E-state index in [0.29, 0.717) is 17.8 Å². The molecule has 3 rings (SSSR count). The van der Waals surface area contributed by atoms with Gasteiger partial charge in [-0.15, -0.1) is 0 Å². The smallest absolute Gasteiger partial charge is 0.265 e. The third-order valence-electron chi connectivity index (χ3n) is 3.63. The Morgan fingerprint density at radius 2 is 1.91 bits per heavy atom. The largest absolute Gasteiger partial charge is 0.303 e. The molecular formula is C17H14N2O3. The topological polar surface area (TPSA) is 63.5 Å². The molecular weight excluding hydrogens is 280 g/mol. The van der Waals surface area contributed by atoms with Gasteiger partial charge in [0.1, 0.15) is 5.57 Å². The van der Waals surface area contributed by atoms with Gasteiger partial charge in [0.15, 0.2) is 0 Å². The molecule has 0 unspecified atom stereocenters. The third kappa shape index (κ3) is 2.48. The fourth-order valence-electron chi connectivity index (χ4n) is 2.62. The minimum absolute atomic E-state index is 0.139. The van der Waals surface area contributed by atoms with Crippen LogP contribution in [0.25, 0.3) is 5.57 Å². The first-order valence-corrected chi connectivity index (χ1v) is 6.88. The molecule has 5 nitrogen and oxygen atoms in total. The minimum atomic E-state index is -0.578.